The van der Waals surface area contributed by atoms with Crippen molar-refractivity contribution in [3.63, 3.8) is 0 Å². The number of nitrogens with zero attached hydrogens (tertiary/aromatic N) is 2. The molecule has 32 heavy (non-hydrogen) atoms. The zero-order chi connectivity index (χ0) is 22.1. The second-order valence-electron chi connectivity index (χ2n) is 8.93. The highest BCUT2D eigenvalue weighted by Crippen LogP contribution is 2.41. The number of fused-ring (bicyclic) bond motifs is 1. The van der Waals surface area contributed by atoms with Gasteiger partial charge < -0.3 is 15.5 Å². The van der Waals surface area contributed by atoms with Crippen LogP contribution in [-0.2, 0) is 16.1 Å². The molecule has 1 saturated carbocycles. The third kappa shape index (κ3) is 4.25. The lowest BCUT2D eigenvalue weighted by molar-refractivity contribution is -0.129. The fourth-order valence-corrected chi connectivity index (χ4v) is 4.81. The number of nitrogens with one attached hydrogen (secondary N) is 2. The highest BCUT2D eigenvalue weighted by Gasteiger charge is 2.47. The molecule has 0 spiro atoms. The van der Waals surface area contributed by atoms with Crippen LogP contribution >= 0.6 is 0 Å². The molecule has 1 saturated heterocycles. The van der Waals surface area contributed by atoms with Crippen molar-refractivity contribution in [2.45, 2.75) is 43.9 Å². The molecule has 2 atom stereocenters. The third-order valence-corrected chi connectivity index (χ3v) is 6.50. The van der Waals surface area contributed by atoms with Gasteiger partial charge in [0.2, 0.25) is 11.8 Å². The van der Waals surface area contributed by atoms with Crippen molar-refractivity contribution in [3.05, 3.63) is 71.3 Å². The molecule has 2 N–H and O–H groups in total. The van der Waals surface area contributed by atoms with Crippen molar-refractivity contribution in [1.29, 1.82) is 0 Å². The first-order chi connectivity index (χ1) is 15.6. The van der Waals surface area contributed by atoms with E-state index in [1.807, 2.05) is 36.4 Å². The first-order valence-electron chi connectivity index (χ1n) is 11.3. The molecule has 0 bridgehead atoms. The van der Waals surface area contributed by atoms with E-state index in [4.69, 9.17) is 0 Å². The molecule has 2 aliphatic heterocycles. The molecule has 2 fully saturated rings. The van der Waals surface area contributed by atoms with Crippen molar-refractivity contribution in [2.75, 3.05) is 19.6 Å². The van der Waals surface area contributed by atoms with E-state index in [1.165, 1.54) is 5.56 Å². The van der Waals surface area contributed by atoms with E-state index in [9.17, 15) is 14.4 Å². The Bertz CT molecular complexity index is 1020. The van der Waals surface area contributed by atoms with Crippen LogP contribution in [0.5, 0.6) is 0 Å². The zero-order valence-corrected chi connectivity index (χ0v) is 18.0. The maximum Gasteiger partial charge on any atom is 0.255 e. The summed E-state index contributed by atoms with van der Waals surface area (Å²) in [6, 6.07) is 17.1. The summed E-state index contributed by atoms with van der Waals surface area (Å²) in [4.78, 5) is 42.3. The number of carbonyl (C=O) groups is 3. The summed E-state index contributed by atoms with van der Waals surface area (Å²) in [5, 5.41) is 5.80. The van der Waals surface area contributed by atoms with Gasteiger partial charge in [-0.3, -0.25) is 19.3 Å². The van der Waals surface area contributed by atoms with Gasteiger partial charge in [0.25, 0.3) is 5.91 Å². The molecule has 1 aliphatic carbocycles. The Labute approximate surface area is 187 Å². The summed E-state index contributed by atoms with van der Waals surface area (Å²) in [5.74, 6) is -0.569. The maximum atomic E-state index is 13.0. The van der Waals surface area contributed by atoms with Crippen LogP contribution in [0.3, 0.4) is 0 Å². The predicted octanol–water partition coefficient (Wildman–Crippen LogP) is 1.85. The van der Waals surface area contributed by atoms with Crippen molar-refractivity contribution in [1.82, 2.24) is 20.4 Å². The van der Waals surface area contributed by atoms with Gasteiger partial charge in [0.1, 0.15) is 6.04 Å². The minimum Gasteiger partial charge on any atom is -0.350 e. The van der Waals surface area contributed by atoms with Crippen molar-refractivity contribution < 1.29 is 14.4 Å². The van der Waals surface area contributed by atoms with Crippen LogP contribution in [-0.4, -0.2) is 59.2 Å². The molecule has 7 nitrogen and oxygen atoms in total. The van der Waals surface area contributed by atoms with Crippen LogP contribution in [0, 0.1) is 0 Å². The number of likely N-dealkylation sites (tertiary alicyclic amines) is 1. The summed E-state index contributed by atoms with van der Waals surface area (Å²) in [7, 11) is 0. The molecule has 7 heteroatoms. The van der Waals surface area contributed by atoms with Crippen molar-refractivity contribution >= 4 is 17.7 Å². The highest BCUT2D eigenvalue weighted by molar-refractivity contribution is 6.05. The summed E-state index contributed by atoms with van der Waals surface area (Å²) in [6.07, 6.45) is 2.74. The average Bonchev–Trinajstić information content (AvgIpc) is 3.48. The molecule has 2 heterocycles. The van der Waals surface area contributed by atoms with Crippen LogP contribution in [0.4, 0.5) is 0 Å². The molecule has 2 aromatic carbocycles. The Morgan fingerprint density at radius 3 is 2.50 bits per heavy atom. The van der Waals surface area contributed by atoms with Gasteiger partial charge in [0.05, 0.1) is 6.54 Å². The molecule has 0 aromatic heterocycles. The molecular formula is C25H28N4O3. The Hall–Kier alpha value is -3.19. The number of carbonyl (C=O) groups excluding carboxylic acids is 3. The fraction of sp³-hybridized carbons (Fsp3) is 0.400. The number of hydrogen-bond donors (Lipinski definition) is 2. The number of amides is 3. The maximum absolute atomic E-state index is 13.0. The van der Waals surface area contributed by atoms with Gasteiger partial charge in [-0.25, -0.2) is 0 Å². The topological polar surface area (TPSA) is 81.8 Å². The quantitative estimate of drug-likeness (QED) is 0.700. The molecule has 5 rings (SSSR count). The van der Waals surface area contributed by atoms with Crippen molar-refractivity contribution in [2.24, 2.45) is 0 Å². The normalized spacial score (nSPS) is 22.6. The second-order valence-corrected chi connectivity index (χ2v) is 8.93. The lowest BCUT2D eigenvalue weighted by Gasteiger charge is -2.24. The molecule has 166 valence electrons. The molecule has 0 radical (unpaired) electrons. The summed E-state index contributed by atoms with van der Waals surface area (Å²) in [6.45, 7) is 2.52. The first-order valence-corrected chi connectivity index (χ1v) is 11.3. The minimum absolute atomic E-state index is 0.0832. The van der Waals surface area contributed by atoms with E-state index in [0.717, 1.165) is 44.5 Å². The minimum atomic E-state index is -0.646. The molecule has 2 unspecified atom stereocenters. The van der Waals surface area contributed by atoms with Crippen LogP contribution < -0.4 is 10.6 Å². The molecule has 3 aliphatic rings. The van der Waals surface area contributed by atoms with Crippen LogP contribution in [0.15, 0.2) is 54.6 Å². The summed E-state index contributed by atoms with van der Waals surface area (Å²) >= 11 is 0. The average molecular weight is 433 g/mol. The largest absolute Gasteiger partial charge is 0.350 e. The standard InChI is InChI=1S/C25H28N4O3/c30-22(27-18-12-13-28(16-18)15-17-6-2-1-3-7-17)14-26-24(31)23-20-8-4-5-9-21(20)25(32)29(23)19-10-11-19/h1-9,18-19,23H,10-16H2,(H,26,31)(H,27,30). The Balaban J connectivity index is 1.14. The molecule has 3 amide bonds. The van der Waals surface area contributed by atoms with E-state index >= 15 is 0 Å². The van der Waals surface area contributed by atoms with Gasteiger partial charge >= 0.3 is 0 Å². The lowest BCUT2D eigenvalue weighted by atomic mass is 10.0. The molecule has 2 aromatic rings. The first kappa shape index (κ1) is 20.7. The van der Waals surface area contributed by atoms with E-state index in [0.29, 0.717) is 5.56 Å². The van der Waals surface area contributed by atoms with E-state index in [-0.39, 0.29) is 36.3 Å². The predicted molar refractivity (Wildman–Crippen MR) is 120 cm³/mol. The Morgan fingerprint density at radius 1 is 0.969 bits per heavy atom. The van der Waals surface area contributed by atoms with Gasteiger partial charge in [-0.05, 0) is 36.5 Å². The Morgan fingerprint density at radius 2 is 1.72 bits per heavy atom. The van der Waals surface area contributed by atoms with Crippen LogP contribution in [0.25, 0.3) is 0 Å². The lowest BCUT2D eigenvalue weighted by Crippen LogP contribution is -2.46. The van der Waals surface area contributed by atoms with Gasteiger partial charge in [0, 0.05) is 37.3 Å². The SMILES string of the molecule is O=C(CNC(=O)C1c2ccccc2C(=O)N1C1CC1)NC1CCN(Cc2ccccc2)C1. The molecular weight excluding hydrogens is 404 g/mol. The van der Waals surface area contributed by atoms with Gasteiger partial charge in [-0.2, -0.15) is 0 Å². The van der Waals surface area contributed by atoms with Gasteiger partial charge in [0.15, 0.2) is 0 Å². The highest BCUT2D eigenvalue weighted by atomic mass is 16.2. The van der Waals surface area contributed by atoms with E-state index in [1.54, 1.807) is 11.0 Å². The van der Waals surface area contributed by atoms with Crippen LogP contribution in [0.1, 0.15) is 46.8 Å². The summed E-state index contributed by atoms with van der Waals surface area (Å²) in [5.41, 5.74) is 2.58. The second kappa shape index (κ2) is 8.74. The summed E-state index contributed by atoms with van der Waals surface area (Å²) < 4.78 is 0. The van der Waals surface area contributed by atoms with E-state index in [2.05, 4.69) is 27.7 Å². The van der Waals surface area contributed by atoms with Crippen LogP contribution in [0.2, 0.25) is 0 Å². The van der Waals surface area contributed by atoms with E-state index < -0.39 is 6.04 Å². The Kier molecular flexibility index (Phi) is 5.66. The van der Waals surface area contributed by atoms with Gasteiger partial charge in [-0.15, -0.1) is 0 Å². The fourth-order valence-electron chi connectivity index (χ4n) is 4.81. The smallest absolute Gasteiger partial charge is 0.255 e. The monoisotopic (exact) mass is 432 g/mol. The number of rotatable bonds is 7. The number of benzene rings is 2. The van der Waals surface area contributed by atoms with Gasteiger partial charge in [-0.1, -0.05) is 48.5 Å². The zero-order valence-electron chi connectivity index (χ0n) is 18.0. The third-order valence-electron chi connectivity index (χ3n) is 6.50. The number of hydrogen-bond acceptors (Lipinski definition) is 4. The van der Waals surface area contributed by atoms with Crippen molar-refractivity contribution in [3.8, 4) is 0 Å².